The molecule has 0 aromatic heterocycles. The monoisotopic (exact) mass is 456 g/mol. The molecule has 0 saturated carbocycles. The van der Waals surface area contributed by atoms with Crippen molar-refractivity contribution >= 4 is 39.1 Å². The van der Waals surface area contributed by atoms with E-state index in [1.54, 1.807) is 0 Å². The van der Waals surface area contributed by atoms with Crippen molar-refractivity contribution in [2.75, 3.05) is 0 Å². The molecule has 0 heterocycles. The molecule has 3 aromatic carbocycles. The number of halogens is 3. The highest BCUT2D eigenvalue weighted by molar-refractivity contribution is 9.09. The predicted octanol–water partition coefficient (Wildman–Crippen LogP) is 7.13. The number of rotatable bonds is 2. The Balaban J connectivity index is 1.70. The van der Waals surface area contributed by atoms with Crippen LogP contribution in [0, 0.1) is 0 Å². The molecule has 0 radical (unpaired) electrons. The molecule has 2 bridgehead atoms. The van der Waals surface area contributed by atoms with Gasteiger partial charge in [-0.3, -0.25) is 0 Å². The van der Waals surface area contributed by atoms with Crippen molar-refractivity contribution < 1.29 is 0 Å². The van der Waals surface area contributed by atoms with Gasteiger partial charge in [-0.2, -0.15) is 0 Å². The van der Waals surface area contributed by atoms with Crippen molar-refractivity contribution in [2.45, 2.75) is 35.4 Å². The van der Waals surface area contributed by atoms with Crippen molar-refractivity contribution in [3.05, 3.63) is 105 Å². The predicted molar refractivity (Wildman–Crippen MR) is 118 cm³/mol. The van der Waals surface area contributed by atoms with Crippen LogP contribution in [0.15, 0.2) is 66.7 Å². The number of alkyl halides is 1. The van der Waals surface area contributed by atoms with E-state index in [0.29, 0.717) is 10.7 Å². The summed E-state index contributed by atoms with van der Waals surface area (Å²) < 4.78 is 0. The van der Waals surface area contributed by atoms with Crippen LogP contribution in [-0.4, -0.2) is 4.83 Å². The van der Waals surface area contributed by atoms with Crippen LogP contribution in [0.25, 0.3) is 0 Å². The lowest BCUT2D eigenvalue weighted by Crippen LogP contribution is -2.51. The normalized spacial score (nSPS) is 25.6. The number of hydrogen-bond acceptors (Lipinski definition) is 0. The zero-order chi connectivity index (χ0) is 18.6. The van der Waals surface area contributed by atoms with E-state index in [2.05, 4.69) is 64.5 Å². The Morgan fingerprint density at radius 1 is 0.889 bits per heavy atom. The third-order valence-electron chi connectivity index (χ3n) is 6.32. The van der Waals surface area contributed by atoms with Crippen LogP contribution in [0.4, 0.5) is 0 Å². The van der Waals surface area contributed by atoms with E-state index in [0.717, 1.165) is 29.3 Å². The van der Waals surface area contributed by atoms with Gasteiger partial charge in [-0.05, 0) is 71.3 Å². The first-order valence-electron chi connectivity index (χ1n) is 9.32. The second-order valence-electron chi connectivity index (χ2n) is 7.85. The topological polar surface area (TPSA) is 0 Å². The van der Waals surface area contributed by atoms with Gasteiger partial charge in [0.25, 0.3) is 0 Å². The summed E-state index contributed by atoms with van der Waals surface area (Å²) in [5.74, 6) is 0.439. The van der Waals surface area contributed by atoms with Crippen LogP contribution in [-0.2, 0) is 24.7 Å². The summed E-state index contributed by atoms with van der Waals surface area (Å²) in [6.45, 7) is 0. The molecule has 2 aliphatic carbocycles. The van der Waals surface area contributed by atoms with E-state index in [4.69, 9.17) is 23.2 Å². The van der Waals surface area contributed by atoms with Crippen molar-refractivity contribution in [2.24, 2.45) is 0 Å². The standard InChI is InChI=1S/C24H19BrCl2/c25-23-21-11-16-3-1-2-4-22(16)24(23,13-15-5-8-18(26)9-6-15)14-17-7-10-19(27)12-20(17)21/h1-10,12,21,23H,11,13-14H2/t21-,23?,24-/m0/s1. The van der Waals surface area contributed by atoms with Crippen LogP contribution in [0.3, 0.4) is 0 Å². The summed E-state index contributed by atoms with van der Waals surface area (Å²) in [5, 5.41) is 1.62. The lowest BCUT2D eigenvalue weighted by molar-refractivity contribution is 0.321. The first-order chi connectivity index (χ1) is 13.1. The second kappa shape index (κ2) is 6.65. The van der Waals surface area contributed by atoms with Gasteiger partial charge in [-0.15, -0.1) is 0 Å². The highest BCUT2D eigenvalue weighted by Crippen LogP contribution is 2.55. The molecule has 136 valence electrons. The Labute approximate surface area is 178 Å². The van der Waals surface area contributed by atoms with E-state index in [1.807, 2.05) is 18.2 Å². The maximum absolute atomic E-state index is 6.35. The molecule has 5 rings (SSSR count). The summed E-state index contributed by atoms with van der Waals surface area (Å²) in [4.78, 5) is 0.376. The molecule has 27 heavy (non-hydrogen) atoms. The molecule has 0 nitrogen and oxygen atoms in total. The van der Waals surface area contributed by atoms with Crippen LogP contribution < -0.4 is 0 Å². The fraction of sp³-hybridized carbons (Fsp3) is 0.250. The Hall–Kier alpha value is -1.28. The van der Waals surface area contributed by atoms with Gasteiger partial charge in [0.1, 0.15) is 0 Å². The lowest BCUT2D eigenvalue weighted by atomic mass is 9.56. The number of benzene rings is 3. The minimum atomic E-state index is 0.0359. The molecule has 3 atom stereocenters. The summed E-state index contributed by atoms with van der Waals surface area (Å²) in [6.07, 6.45) is 3.07. The molecule has 2 aliphatic rings. The quantitative estimate of drug-likeness (QED) is 0.359. The fourth-order valence-electron chi connectivity index (χ4n) is 5.15. The van der Waals surface area contributed by atoms with Crippen molar-refractivity contribution in [3.8, 4) is 0 Å². The summed E-state index contributed by atoms with van der Waals surface area (Å²) in [5.41, 5.74) is 7.16. The summed E-state index contributed by atoms with van der Waals surface area (Å²) in [7, 11) is 0. The van der Waals surface area contributed by atoms with Gasteiger partial charge in [-0.25, -0.2) is 0 Å². The first kappa shape index (κ1) is 17.8. The highest BCUT2D eigenvalue weighted by Gasteiger charge is 2.51. The molecule has 0 saturated heterocycles. The van der Waals surface area contributed by atoms with Crippen molar-refractivity contribution in [1.29, 1.82) is 0 Å². The second-order valence-corrected chi connectivity index (χ2v) is 9.71. The third-order valence-corrected chi connectivity index (χ3v) is 8.32. The van der Waals surface area contributed by atoms with E-state index in [-0.39, 0.29) is 5.41 Å². The average molecular weight is 458 g/mol. The molecular formula is C24H19BrCl2. The minimum Gasteiger partial charge on any atom is -0.0874 e. The van der Waals surface area contributed by atoms with Gasteiger partial charge in [0, 0.05) is 26.2 Å². The fourth-order valence-corrected chi connectivity index (χ4v) is 6.50. The Morgan fingerprint density at radius 3 is 2.44 bits per heavy atom. The largest absolute Gasteiger partial charge is 0.0874 e. The third kappa shape index (κ3) is 2.87. The van der Waals surface area contributed by atoms with Crippen LogP contribution >= 0.6 is 39.1 Å². The Kier molecular flexibility index (Phi) is 4.39. The van der Waals surface area contributed by atoms with E-state index in [1.165, 1.54) is 27.8 Å². The molecule has 1 unspecified atom stereocenters. The maximum atomic E-state index is 6.35. The number of hydrogen-bond donors (Lipinski definition) is 0. The molecule has 0 amide bonds. The molecule has 3 aromatic rings. The molecule has 3 heteroatoms. The van der Waals surface area contributed by atoms with Crippen molar-refractivity contribution in [1.82, 2.24) is 0 Å². The van der Waals surface area contributed by atoms with Crippen LogP contribution in [0.2, 0.25) is 10.0 Å². The minimum absolute atomic E-state index is 0.0359. The van der Waals surface area contributed by atoms with Gasteiger partial charge in [0.05, 0.1) is 0 Å². The van der Waals surface area contributed by atoms with E-state index in [9.17, 15) is 0 Å². The van der Waals surface area contributed by atoms with E-state index < -0.39 is 0 Å². The molecule has 0 fully saturated rings. The molecule has 0 spiro atoms. The van der Waals surface area contributed by atoms with Gasteiger partial charge >= 0.3 is 0 Å². The highest BCUT2D eigenvalue weighted by atomic mass is 79.9. The smallest absolute Gasteiger partial charge is 0.0409 e. The maximum Gasteiger partial charge on any atom is 0.0409 e. The molecule has 0 N–H and O–H groups in total. The van der Waals surface area contributed by atoms with Crippen molar-refractivity contribution in [3.63, 3.8) is 0 Å². The summed E-state index contributed by atoms with van der Waals surface area (Å²) in [6, 6.07) is 23.7. The van der Waals surface area contributed by atoms with Gasteiger partial charge in [0.2, 0.25) is 0 Å². The number of fused-ring (bicyclic) bond motifs is 6. The van der Waals surface area contributed by atoms with Gasteiger partial charge in [0.15, 0.2) is 0 Å². The molecule has 0 aliphatic heterocycles. The zero-order valence-corrected chi connectivity index (χ0v) is 17.9. The van der Waals surface area contributed by atoms with Crippen LogP contribution in [0.5, 0.6) is 0 Å². The Morgan fingerprint density at radius 2 is 1.63 bits per heavy atom. The van der Waals surface area contributed by atoms with Crippen LogP contribution in [0.1, 0.15) is 33.7 Å². The zero-order valence-electron chi connectivity index (χ0n) is 14.8. The lowest BCUT2D eigenvalue weighted by Gasteiger charge is -2.51. The first-order valence-corrected chi connectivity index (χ1v) is 11.0. The van der Waals surface area contributed by atoms with Gasteiger partial charge in [-0.1, -0.05) is 81.6 Å². The summed E-state index contributed by atoms with van der Waals surface area (Å²) >= 11 is 16.6. The SMILES string of the molecule is Clc1ccc(C[C@]23Cc4ccc(Cl)cc4[C@H](Cc4ccccc42)C3Br)cc1. The van der Waals surface area contributed by atoms with Gasteiger partial charge < -0.3 is 0 Å². The molecular weight excluding hydrogens is 439 g/mol. The Bertz CT molecular complexity index is 1010. The van der Waals surface area contributed by atoms with E-state index >= 15 is 0 Å². The average Bonchev–Trinajstić information content (AvgIpc) is 2.67.